The molecule has 0 aliphatic carbocycles. The summed E-state index contributed by atoms with van der Waals surface area (Å²) < 4.78 is 33.5. The number of allylic oxidation sites excluding steroid dienone is 1. The monoisotopic (exact) mass is 423 g/mol. The molecule has 160 valence electrons. The third kappa shape index (κ3) is 3.48. The first-order valence-corrected chi connectivity index (χ1v) is 10.4. The van der Waals surface area contributed by atoms with Crippen molar-refractivity contribution in [3.63, 3.8) is 0 Å². The Hall–Kier alpha value is -3.22. The quantitative estimate of drug-likeness (QED) is 0.711. The highest BCUT2D eigenvalue weighted by atomic mass is 19.1. The lowest BCUT2D eigenvalue weighted by Gasteiger charge is -2.30. The van der Waals surface area contributed by atoms with E-state index in [9.17, 15) is 13.6 Å². The highest BCUT2D eigenvalue weighted by Gasteiger charge is 2.38. The topological polar surface area (TPSA) is 54.5 Å². The summed E-state index contributed by atoms with van der Waals surface area (Å²) in [5.41, 5.74) is 2.54. The molecule has 0 bridgehead atoms. The summed E-state index contributed by atoms with van der Waals surface area (Å²) in [6.45, 7) is 5.03. The van der Waals surface area contributed by atoms with Gasteiger partial charge in [0.25, 0.3) is 5.91 Å². The predicted molar refractivity (Wildman–Crippen MR) is 116 cm³/mol. The van der Waals surface area contributed by atoms with Gasteiger partial charge in [-0.2, -0.15) is 0 Å². The molecule has 2 aromatic rings. The number of fused-ring (bicyclic) bond motifs is 1. The zero-order valence-electron chi connectivity index (χ0n) is 17.4. The van der Waals surface area contributed by atoms with Crippen molar-refractivity contribution in [1.29, 1.82) is 0 Å². The molecule has 1 unspecified atom stereocenters. The molecule has 3 aliphatic heterocycles. The number of piperidine rings is 1. The first-order valence-electron chi connectivity index (χ1n) is 10.4. The summed E-state index contributed by atoms with van der Waals surface area (Å²) in [6.07, 6.45) is 4.22. The van der Waals surface area contributed by atoms with Crippen LogP contribution in [0.15, 0.2) is 48.4 Å². The fourth-order valence-electron chi connectivity index (χ4n) is 4.47. The Balaban J connectivity index is 1.49. The fraction of sp³-hybridized carbons (Fsp3) is 0.333. The molecule has 7 heteroatoms. The molecule has 1 saturated heterocycles. The molecule has 5 rings (SSSR count). The minimum Gasteiger partial charge on any atom is -0.482 e. The van der Waals surface area contributed by atoms with Gasteiger partial charge in [-0.1, -0.05) is 0 Å². The van der Waals surface area contributed by atoms with Gasteiger partial charge < -0.3 is 15.0 Å². The van der Waals surface area contributed by atoms with Crippen molar-refractivity contribution < 1.29 is 18.3 Å². The van der Waals surface area contributed by atoms with E-state index in [-0.39, 0.29) is 5.91 Å². The molecule has 1 fully saturated rings. The van der Waals surface area contributed by atoms with E-state index in [1.807, 2.05) is 37.0 Å². The van der Waals surface area contributed by atoms with Gasteiger partial charge in [0.15, 0.2) is 0 Å². The highest BCUT2D eigenvalue weighted by molar-refractivity contribution is 6.32. The number of alkyl halides is 1. The Morgan fingerprint density at radius 1 is 1.26 bits per heavy atom. The van der Waals surface area contributed by atoms with Gasteiger partial charge in [-0.25, -0.2) is 13.8 Å². The molecular weight excluding hydrogens is 400 g/mol. The second-order valence-corrected chi connectivity index (χ2v) is 8.64. The van der Waals surface area contributed by atoms with Gasteiger partial charge in [0.2, 0.25) is 0 Å². The maximum Gasteiger partial charge on any atom is 0.260 e. The van der Waals surface area contributed by atoms with Gasteiger partial charge in [-0.05, 0) is 63.1 Å². The number of pyridine rings is 1. The molecule has 1 N–H and O–H groups in total. The predicted octanol–water partition coefficient (Wildman–Crippen LogP) is 4.71. The average molecular weight is 423 g/mol. The second kappa shape index (κ2) is 7.18. The molecule has 5 nitrogen and oxygen atoms in total. The van der Waals surface area contributed by atoms with Crippen LogP contribution in [0.4, 0.5) is 20.3 Å². The number of carbonyl (C=O) groups is 1. The lowest BCUT2D eigenvalue weighted by molar-refractivity contribution is -0.111. The summed E-state index contributed by atoms with van der Waals surface area (Å²) >= 11 is 0. The van der Waals surface area contributed by atoms with Crippen LogP contribution in [0.3, 0.4) is 0 Å². The minimum absolute atomic E-state index is 0.316. The molecule has 0 radical (unpaired) electrons. The highest BCUT2D eigenvalue weighted by Crippen LogP contribution is 2.44. The molecule has 1 aromatic carbocycles. The van der Waals surface area contributed by atoms with E-state index in [4.69, 9.17) is 4.74 Å². The molecule has 3 aliphatic rings. The summed E-state index contributed by atoms with van der Waals surface area (Å²) in [5.74, 6) is 0.479. The summed E-state index contributed by atoms with van der Waals surface area (Å²) in [7, 11) is 0. The number of nitrogens with zero attached hydrogens (tertiary/aromatic N) is 2. The van der Waals surface area contributed by atoms with Gasteiger partial charge in [-0.3, -0.25) is 4.79 Å². The second-order valence-electron chi connectivity index (χ2n) is 8.64. The van der Waals surface area contributed by atoms with E-state index < -0.39 is 17.6 Å². The number of aromatic nitrogens is 1. The summed E-state index contributed by atoms with van der Waals surface area (Å²) in [6, 6.07) is 8.06. The van der Waals surface area contributed by atoms with Gasteiger partial charge in [0.05, 0.1) is 17.8 Å². The standard InChI is InChI=1S/C24H23F2N3O2/c1-24(2)18(14-5-8-21(27-12-14)29-9-3-4-16(26)13-29)11-20(31-24)22-17-7-6-15(25)10-19(17)28-23(22)30/h5-8,10-12,16H,3-4,9,13H2,1-2H3,(H,28,30)/b22-20+. The number of anilines is 2. The van der Waals surface area contributed by atoms with Crippen molar-refractivity contribution >= 4 is 28.6 Å². The lowest BCUT2D eigenvalue weighted by Crippen LogP contribution is -2.36. The first kappa shape index (κ1) is 19.7. The van der Waals surface area contributed by atoms with Crippen LogP contribution in [0.5, 0.6) is 0 Å². The number of rotatable bonds is 2. The molecular formula is C24H23F2N3O2. The van der Waals surface area contributed by atoms with Crippen molar-refractivity contribution in [2.45, 2.75) is 38.5 Å². The van der Waals surface area contributed by atoms with Crippen LogP contribution >= 0.6 is 0 Å². The van der Waals surface area contributed by atoms with Crippen LogP contribution in [0.2, 0.25) is 0 Å². The number of hydrogen-bond donors (Lipinski definition) is 1. The smallest absolute Gasteiger partial charge is 0.260 e. The van der Waals surface area contributed by atoms with Crippen LogP contribution in [0.25, 0.3) is 11.1 Å². The molecule has 0 saturated carbocycles. The first-order chi connectivity index (χ1) is 14.8. The maximum absolute atomic E-state index is 13.7. The summed E-state index contributed by atoms with van der Waals surface area (Å²) in [5, 5.41) is 2.70. The average Bonchev–Trinajstić information content (AvgIpc) is 3.22. The third-order valence-corrected chi connectivity index (χ3v) is 6.01. The normalized spacial score (nSPS) is 24.5. The van der Waals surface area contributed by atoms with Crippen LogP contribution in [0.1, 0.15) is 37.8 Å². The van der Waals surface area contributed by atoms with Gasteiger partial charge in [0, 0.05) is 29.4 Å². The van der Waals surface area contributed by atoms with Crippen molar-refractivity contribution in [3.05, 3.63) is 65.3 Å². The molecule has 4 heterocycles. The number of nitrogens with one attached hydrogen (secondary N) is 1. The zero-order valence-corrected chi connectivity index (χ0v) is 17.4. The Labute approximate surface area is 179 Å². The fourth-order valence-corrected chi connectivity index (χ4v) is 4.47. The van der Waals surface area contributed by atoms with E-state index in [1.54, 1.807) is 12.3 Å². The Morgan fingerprint density at radius 2 is 2.10 bits per heavy atom. The van der Waals surface area contributed by atoms with E-state index in [2.05, 4.69) is 10.3 Å². The largest absolute Gasteiger partial charge is 0.482 e. The van der Waals surface area contributed by atoms with E-state index in [0.717, 1.165) is 29.9 Å². The number of benzene rings is 1. The molecule has 1 atom stereocenters. The number of hydrogen-bond acceptors (Lipinski definition) is 4. The lowest BCUT2D eigenvalue weighted by atomic mass is 9.93. The number of amides is 1. The molecule has 1 amide bonds. The summed E-state index contributed by atoms with van der Waals surface area (Å²) in [4.78, 5) is 19.1. The van der Waals surface area contributed by atoms with Crippen LogP contribution in [-0.4, -0.2) is 35.8 Å². The van der Waals surface area contributed by atoms with Gasteiger partial charge in [0.1, 0.15) is 29.2 Å². The Bertz CT molecular complexity index is 1120. The molecule has 1 aromatic heterocycles. The van der Waals surface area contributed by atoms with Crippen LogP contribution in [-0.2, 0) is 9.53 Å². The van der Waals surface area contributed by atoms with E-state index in [0.29, 0.717) is 35.5 Å². The van der Waals surface area contributed by atoms with Crippen LogP contribution < -0.4 is 10.2 Å². The van der Waals surface area contributed by atoms with Crippen LogP contribution in [0, 0.1) is 5.82 Å². The molecule has 31 heavy (non-hydrogen) atoms. The third-order valence-electron chi connectivity index (χ3n) is 6.01. The number of ether oxygens (including phenoxy) is 1. The number of halogens is 2. The van der Waals surface area contributed by atoms with E-state index in [1.165, 1.54) is 12.1 Å². The Morgan fingerprint density at radius 3 is 2.84 bits per heavy atom. The van der Waals surface area contributed by atoms with Crippen molar-refractivity contribution in [2.75, 3.05) is 23.3 Å². The minimum atomic E-state index is -0.816. The van der Waals surface area contributed by atoms with Gasteiger partial charge >= 0.3 is 0 Å². The Kier molecular flexibility index (Phi) is 4.57. The SMILES string of the molecule is CC1(C)O/C(=C2/C(=O)Nc3cc(F)ccc32)C=C1c1ccc(N2CCCC(F)C2)nc1. The maximum atomic E-state index is 13.7. The van der Waals surface area contributed by atoms with Crippen molar-refractivity contribution in [2.24, 2.45) is 0 Å². The molecule has 0 spiro atoms. The van der Waals surface area contributed by atoms with E-state index >= 15 is 0 Å². The van der Waals surface area contributed by atoms with Crippen molar-refractivity contribution in [1.82, 2.24) is 4.98 Å². The zero-order chi connectivity index (χ0) is 21.8. The van der Waals surface area contributed by atoms with Gasteiger partial charge in [-0.15, -0.1) is 0 Å². The van der Waals surface area contributed by atoms with Crippen molar-refractivity contribution in [3.8, 4) is 0 Å². The number of carbonyl (C=O) groups excluding carboxylic acids is 1.